The normalized spacial score (nSPS) is 28.6. The average molecular weight is 464 g/mol. The quantitative estimate of drug-likeness (QED) is 0.493. The first-order chi connectivity index (χ1) is 15.9. The fourth-order valence-corrected chi connectivity index (χ4v) is 6.42. The molecule has 3 atom stereocenters. The van der Waals surface area contributed by atoms with Gasteiger partial charge >= 0.3 is 0 Å². The van der Waals surface area contributed by atoms with Crippen LogP contribution in [-0.4, -0.2) is 39.9 Å². The summed E-state index contributed by atoms with van der Waals surface area (Å²) < 4.78 is 6.28. The lowest BCUT2D eigenvalue weighted by Gasteiger charge is -2.33. The van der Waals surface area contributed by atoms with E-state index in [0.717, 1.165) is 32.1 Å². The Morgan fingerprint density at radius 1 is 0.848 bits per heavy atom. The van der Waals surface area contributed by atoms with E-state index in [0.29, 0.717) is 10.6 Å². The van der Waals surface area contributed by atoms with E-state index in [1.54, 1.807) is 48.5 Å². The highest BCUT2D eigenvalue weighted by atomic mass is 35.5. The number of rotatable bonds is 2. The highest BCUT2D eigenvalue weighted by Crippen LogP contribution is 2.58. The van der Waals surface area contributed by atoms with Crippen LogP contribution in [0.5, 0.6) is 0 Å². The van der Waals surface area contributed by atoms with Crippen LogP contribution in [0.2, 0.25) is 5.02 Å². The zero-order chi connectivity index (χ0) is 22.9. The summed E-state index contributed by atoms with van der Waals surface area (Å²) in [6.07, 6.45) is 3.54. The van der Waals surface area contributed by atoms with Crippen LogP contribution in [-0.2, 0) is 14.3 Å². The lowest BCUT2D eigenvalue weighted by molar-refractivity contribution is -0.148. The molecule has 0 aromatic heterocycles. The number of hydrogen-bond donors (Lipinski definition) is 0. The molecule has 1 spiro atoms. The number of hydrogen-bond acceptors (Lipinski definition) is 5. The van der Waals surface area contributed by atoms with Gasteiger partial charge in [-0.3, -0.25) is 24.1 Å². The molecule has 0 unspecified atom stereocenters. The first-order valence-corrected chi connectivity index (χ1v) is 11.8. The molecule has 2 aromatic carbocycles. The van der Waals surface area contributed by atoms with Crippen molar-refractivity contribution in [3.05, 3.63) is 70.2 Å². The highest BCUT2D eigenvalue weighted by Gasteiger charge is 2.75. The molecule has 33 heavy (non-hydrogen) atoms. The standard InChI is InChI=1S/C26H22ClNO5/c27-15-8-6-7-14(13-15)21-19-20(25(32)28(24(19)31)16-9-2-1-3-10-16)26(33-21)22(29)17-11-4-5-12-18(17)23(26)30/h4-8,11-13,16,19-21H,1-3,9-10H2/t19-,20-,21+/m0/s1. The topological polar surface area (TPSA) is 80.8 Å². The number of benzene rings is 2. The molecule has 0 N–H and O–H groups in total. The monoisotopic (exact) mass is 463 g/mol. The molecule has 7 heteroatoms. The predicted molar refractivity (Wildman–Crippen MR) is 119 cm³/mol. The van der Waals surface area contributed by atoms with Crippen molar-refractivity contribution in [3.63, 3.8) is 0 Å². The summed E-state index contributed by atoms with van der Waals surface area (Å²) in [5, 5.41) is 0.446. The molecule has 2 heterocycles. The number of likely N-dealkylation sites (tertiary alicyclic amines) is 1. The van der Waals surface area contributed by atoms with E-state index in [9.17, 15) is 19.2 Å². The molecule has 4 aliphatic rings. The Balaban J connectivity index is 1.51. The third-order valence-corrected chi connectivity index (χ3v) is 7.91. The van der Waals surface area contributed by atoms with Crippen LogP contribution in [0.4, 0.5) is 0 Å². The second-order valence-electron chi connectivity index (χ2n) is 9.37. The van der Waals surface area contributed by atoms with Crippen molar-refractivity contribution >= 4 is 35.0 Å². The van der Waals surface area contributed by atoms with Gasteiger partial charge in [0.25, 0.3) is 0 Å². The van der Waals surface area contributed by atoms with E-state index in [4.69, 9.17) is 16.3 Å². The van der Waals surface area contributed by atoms with Crippen LogP contribution in [0, 0.1) is 11.8 Å². The van der Waals surface area contributed by atoms with E-state index < -0.39 is 41.0 Å². The van der Waals surface area contributed by atoms with Crippen molar-refractivity contribution in [1.29, 1.82) is 0 Å². The van der Waals surface area contributed by atoms with Gasteiger partial charge in [0, 0.05) is 22.2 Å². The van der Waals surface area contributed by atoms with Crippen molar-refractivity contribution in [2.45, 2.75) is 49.9 Å². The number of amides is 2. The maximum absolute atomic E-state index is 13.8. The summed E-state index contributed by atoms with van der Waals surface area (Å²) >= 11 is 6.21. The van der Waals surface area contributed by atoms with E-state index in [1.165, 1.54) is 4.90 Å². The second-order valence-corrected chi connectivity index (χ2v) is 9.81. The van der Waals surface area contributed by atoms with E-state index >= 15 is 0 Å². The number of fused-ring (bicyclic) bond motifs is 3. The number of carbonyl (C=O) groups is 4. The molecule has 2 aliphatic carbocycles. The van der Waals surface area contributed by atoms with Crippen LogP contribution in [0.15, 0.2) is 48.5 Å². The lowest BCUT2D eigenvalue weighted by Crippen LogP contribution is -2.52. The Morgan fingerprint density at radius 2 is 1.52 bits per heavy atom. The molecule has 2 saturated heterocycles. The molecule has 2 aromatic rings. The van der Waals surface area contributed by atoms with Gasteiger partial charge in [-0.2, -0.15) is 0 Å². The molecule has 6 rings (SSSR count). The minimum atomic E-state index is -2.02. The van der Waals surface area contributed by atoms with Gasteiger partial charge in [-0.15, -0.1) is 0 Å². The molecule has 0 radical (unpaired) electrons. The maximum Gasteiger partial charge on any atom is 0.237 e. The van der Waals surface area contributed by atoms with E-state index in [1.807, 2.05) is 0 Å². The van der Waals surface area contributed by atoms with Crippen molar-refractivity contribution in [2.24, 2.45) is 11.8 Å². The van der Waals surface area contributed by atoms with Crippen LogP contribution in [0.3, 0.4) is 0 Å². The zero-order valence-corrected chi connectivity index (χ0v) is 18.6. The predicted octanol–water partition coefficient (Wildman–Crippen LogP) is 4.16. The molecular formula is C26H22ClNO5. The Labute approximate surface area is 195 Å². The van der Waals surface area contributed by atoms with Crippen LogP contribution >= 0.6 is 11.6 Å². The average Bonchev–Trinajstić information content (AvgIpc) is 3.40. The van der Waals surface area contributed by atoms with Gasteiger partial charge in [0.15, 0.2) is 0 Å². The number of Topliss-reactive ketones (excluding diaryl/α,β-unsaturated/α-hetero) is 2. The summed E-state index contributed by atoms with van der Waals surface area (Å²) in [4.78, 5) is 56.3. The molecule has 0 bridgehead atoms. The molecule has 1 saturated carbocycles. The van der Waals surface area contributed by atoms with Crippen molar-refractivity contribution in [3.8, 4) is 0 Å². The Kier molecular flexibility index (Phi) is 4.61. The Morgan fingerprint density at radius 3 is 2.15 bits per heavy atom. The maximum atomic E-state index is 13.8. The van der Waals surface area contributed by atoms with Crippen molar-refractivity contribution < 1.29 is 23.9 Å². The molecule has 2 amide bonds. The molecule has 2 aliphatic heterocycles. The number of halogens is 1. The smallest absolute Gasteiger partial charge is 0.237 e. The largest absolute Gasteiger partial charge is 0.349 e. The molecular weight excluding hydrogens is 442 g/mol. The van der Waals surface area contributed by atoms with Crippen molar-refractivity contribution in [2.75, 3.05) is 0 Å². The van der Waals surface area contributed by atoms with Crippen LogP contribution < -0.4 is 0 Å². The number of ketones is 2. The van der Waals surface area contributed by atoms with Crippen LogP contribution in [0.25, 0.3) is 0 Å². The minimum absolute atomic E-state index is 0.199. The number of ether oxygens (including phenoxy) is 1. The SMILES string of the molecule is O=C1[C@@H]2[C@@H](c3cccc(Cl)c3)OC3(C(=O)c4ccccc4C3=O)[C@@H]2C(=O)N1C1CCCCC1. The summed E-state index contributed by atoms with van der Waals surface area (Å²) in [6.45, 7) is 0. The first-order valence-electron chi connectivity index (χ1n) is 11.4. The second kappa shape index (κ2) is 7.34. The Bertz CT molecular complexity index is 1180. The van der Waals surface area contributed by atoms with Gasteiger partial charge in [0.1, 0.15) is 0 Å². The third kappa shape index (κ3) is 2.71. The third-order valence-electron chi connectivity index (χ3n) is 7.67. The van der Waals surface area contributed by atoms with Crippen molar-refractivity contribution in [1.82, 2.24) is 4.90 Å². The Hall–Kier alpha value is -2.83. The highest BCUT2D eigenvalue weighted by molar-refractivity contribution is 6.35. The first kappa shape index (κ1) is 20.8. The molecule has 6 nitrogen and oxygen atoms in total. The number of nitrogens with zero attached hydrogens (tertiary/aromatic N) is 1. The van der Waals surface area contributed by atoms with Crippen LogP contribution in [0.1, 0.15) is 64.5 Å². The zero-order valence-electron chi connectivity index (χ0n) is 17.8. The van der Waals surface area contributed by atoms with Gasteiger partial charge in [0.2, 0.25) is 29.0 Å². The number of carbonyl (C=O) groups excluding carboxylic acids is 4. The molecule has 3 fully saturated rings. The summed E-state index contributed by atoms with van der Waals surface area (Å²) in [6, 6.07) is 13.2. The van der Waals surface area contributed by atoms with E-state index in [-0.39, 0.29) is 23.1 Å². The van der Waals surface area contributed by atoms with Gasteiger partial charge in [-0.1, -0.05) is 67.3 Å². The number of imide groups is 1. The van der Waals surface area contributed by atoms with Gasteiger partial charge in [-0.25, -0.2) is 0 Å². The van der Waals surface area contributed by atoms with Gasteiger partial charge in [-0.05, 0) is 30.5 Å². The van der Waals surface area contributed by atoms with Gasteiger partial charge in [0.05, 0.1) is 17.9 Å². The van der Waals surface area contributed by atoms with Gasteiger partial charge < -0.3 is 4.74 Å². The van der Waals surface area contributed by atoms with E-state index in [2.05, 4.69) is 0 Å². The summed E-state index contributed by atoms with van der Waals surface area (Å²) in [5.74, 6) is -4.00. The summed E-state index contributed by atoms with van der Waals surface area (Å²) in [5.41, 5.74) is -0.955. The fraction of sp³-hybridized carbons (Fsp3) is 0.385. The minimum Gasteiger partial charge on any atom is -0.349 e. The lowest BCUT2D eigenvalue weighted by atomic mass is 9.77. The molecule has 168 valence electrons. The fourth-order valence-electron chi connectivity index (χ4n) is 6.22. The summed E-state index contributed by atoms with van der Waals surface area (Å²) in [7, 11) is 0.